The number of fused-ring (bicyclic) bond motifs is 1. The van der Waals surface area contributed by atoms with Crippen LogP contribution in [0.3, 0.4) is 0 Å². The van der Waals surface area contributed by atoms with Gasteiger partial charge in [-0.3, -0.25) is 14.2 Å². The lowest BCUT2D eigenvalue weighted by Crippen LogP contribution is -2.36. The van der Waals surface area contributed by atoms with Gasteiger partial charge in [-0.1, -0.05) is 11.6 Å². The van der Waals surface area contributed by atoms with E-state index in [0.717, 1.165) is 10.4 Å². The zero-order chi connectivity index (χ0) is 22.2. The van der Waals surface area contributed by atoms with E-state index in [1.807, 2.05) is 32.8 Å². The maximum absolute atomic E-state index is 13.4. The van der Waals surface area contributed by atoms with E-state index in [0.29, 0.717) is 39.0 Å². The molecular weight excluding hydrogens is 424 g/mol. The molecule has 1 N–H and O–H groups in total. The molecule has 0 aliphatic carbocycles. The maximum atomic E-state index is 13.4. The van der Waals surface area contributed by atoms with Crippen molar-refractivity contribution >= 4 is 44.7 Å². The highest BCUT2D eigenvalue weighted by Crippen LogP contribution is 2.29. The zero-order valence-corrected chi connectivity index (χ0v) is 19.4. The molecule has 0 spiro atoms. The van der Waals surface area contributed by atoms with Crippen LogP contribution in [0.25, 0.3) is 10.2 Å². The molecule has 0 radical (unpaired) electrons. The molecular formula is C21H25ClN4O3S. The number of carbonyl (C=O) groups excluding carboxylic acids is 1. The molecule has 1 atom stereocenters. The smallest absolute Gasteiger partial charge is 0.263 e. The van der Waals surface area contributed by atoms with Crippen molar-refractivity contribution in [3.05, 3.63) is 49.8 Å². The molecule has 160 valence electrons. The topological polar surface area (TPSA) is 76.5 Å². The van der Waals surface area contributed by atoms with E-state index in [-0.39, 0.29) is 11.5 Å². The molecule has 2 aromatic heterocycles. The van der Waals surface area contributed by atoms with Gasteiger partial charge in [-0.2, -0.15) is 0 Å². The Balaban J connectivity index is 2.03. The minimum atomic E-state index is -0.759. The first-order valence-corrected chi connectivity index (χ1v) is 10.6. The van der Waals surface area contributed by atoms with Crippen molar-refractivity contribution in [2.24, 2.45) is 0 Å². The van der Waals surface area contributed by atoms with Crippen molar-refractivity contribution < 1.29 is 9.53 Å². The Bertz CT molecular complexity index is 1170. The first-order chi connectivity index (χ1) is 14.1. The Morgan fingerprint density at radius 2 is 2.07 bits per heavy atom. The van der Waals surface area contributed by atoms with Crippen LogP contribution in [-0.2, 0) is 11.3 Å². The molecule has 30 heavy (non-hydrogen) atoms. The Labute approximate surface area is 184 Å². The summed E-state index contributed by atoms with van der Waals surface area (Å²) in [6.45, 7) is 6.02. The Kier molecular flexibility index (Phi) is 6.50. The van der Waals surface area contributed by atoms with Crippen molar-refractivity contribution in [3.63, 3.8) is 0 Å². The van der Waals surface area contributed by atoms with Crippen molar-refractivity contribution in [2.75, 3.05) is 26.5 Å². The van der Waals surface area contributed by atoms with E-state index in [9.17, 15) is 9.59 Å². The van der Waals surface area contributed by atoms with Crippen molar-refractivity contribution in [1.29, 1.82) is 0 Å². The van der Waals surface area contributed by atoms with E-state index in [1.54, 1.807) is 25.1 Å². The number of halogens is 1. The fourth-order valence-electron chi connectivity index (χ4n) is 3.25. The molecule has 3 rings (SSSR count). The largest absolute Gasteiger partial charge is 0.495 e. The van der Waals surface area contributed by atoms with Gasteiger partial charge in [-0.25, -0.2) is 4.98 Å². The van der Waals surface area contributed by atoms with E-state index in [4.69, 9.17) is 21.3 Å². The molecule has 1 unspecified atom stereocenters. The van der Waals surface area contributed by atoms with Crippen molar-refractivity contribution in [2.45, 2.75) is 33.4 Å². The zero-order valence-electron chi connectivity index (χ0n) is 17.9. The number of thiophene rings is 1. The molecule has 9 heteroatoms. The van der Waals surface area contributed by atoms with Gasteiger partial charge in [0.05, 0.1) is 24.1 Å². The lowest BCUT2D eigenvalue weighted by atomic mass is 10.2. The van der Waals surface area contributed by atoms with Gasteiger partial charge in [-0.05, 0) is 58.6 Å². The summed E-state index contributed by atoms with van der Waals surface area (Å²) in [5, 5.41) is 3.80. The number of rotatable bonds is 6. The minimum absolute atomic E-state index is 0.200. The van der Waals surface area contributed by atoms with E-state index in [1.165, 1.54) is 23.0 Å². The number of nitrogens with one attached hydrogen (secondary N) is 1. The van der Waals surface area contributed by atoms with Crippen LogP contribution in [-0.4, -0.2) is 41.6 Å². The SMILES string of the molecule is COc1ccc(NC(=O)C(C)n2c(CN(C)C)nc3sc(C)c(C)c3c2=O)cc1Cl. The number of hydrogen-bond donors (Lipinski definition) is 1. The first kappa shape index (κ1) is 22.3. The van der Waals surface area contributed by atoms with Gasteiger partial charge in [0.25, 0.3) is 5.56 Å². The number of carbonyl (C=O) groups is 1. The summed E-state index contributed by atoms with van der Waals surface area (Å²) in [6.07, 6.45) is 0. The second-order valence-corrected chi connectivity index (χ2v) is 9.03. The molecule has 0 saturated carbocycles. The number of amides is 1. The molecule has 1 aromatic carbocycles. The summed E-state index contributed by atoms with van der Waals surface area (Å²) in [4.78, 5) is 34.8. The molecule has 3 aromatic rings. The van der Waals surface area contributed by atoms with Crippen LogP contribution in [0.4, 0.5) is 5.69 Å². The number of anilines is 1. The number of aryl methyl sites for hydroxylation is 2. The van der Waals surface area contributed by atoms with Gasteiger partial charge >= 0.3 is 0 Å². The van der Waals surface area contributed by atoms with Crippen LogP contribution in [0.15, 0.2) is 23.0 Å². The van der Waals surface area contributed by atoms with Gasteiger partial charge in [0.15, 0.2) is 0 Å². The number of ether oxygens (including phenoxy) is 1. The van der Waals surface area contributed by atoms with Gasteiger partial charge in [-0.15, -0.1) is 11.3 Å². The predicted octanol–water partition coefficient (Wildman–Crippen LogP) is 4.00. The van der Waals surface area contributed by atoms with Crippen LogP contribution in [0, 0.1) is 13.8 Å². The predicted molar refractivity (Wildman–Crippen MR) is 122 cm³/mol. The van der Waals surface area contributed by atoms with Crippen LogP contribution in [0.5, 0.6) is 5.75 Å². The minimum Gasteiger partial charge on any atom is -0.495 e. The maximum Gasteiger partial charge on any atom is 0.263 e. The summed E-state index contributed by atoms with van der Waals surface area (Å²) < 4.78 is 6.63. The number of hydrogen-bond acceptors (Lipinski definition) is 6. The Morgan fingerprint density at radius 3 is 2.67 bits per heavy atom. The summed E-state index contributed by atoms with van der Waals surface area (Å²) in [5.41, 5.74) is 1.23. The average molecular weight is 449 g/mol. The summed E-state index contributed by atoms with van der Waals surface area (Å²) in [7, 11) is 5.32. The molecule has 2 heterocycles. The average Bonchev–Trinajstić information content (AvgIpc) is 2.95. The van der Waals surface area contributed by atoms with Gasteiger partial charge in [0, 0.05) is 10.6 Å². The van der Waals surface area contributed by atoms with Crippen LogP contribution in [0.1, 0.15) is 29.2 Å². The fraction of sp³-hybridized carbons (Fsp3) is 0.381. The fourth-order valence-corrected chi connectivity index (χ4v) is 4.55. The molecule has 0 aliphatic rings. The third kappa shape index (κ3) is 4.21. The summed E-state index contributed by atoms with van der Waals surface area (Å²) in [6, 6.07) is 4.23. The van der Waals surface area contributed by atoms with Crippen LogP contribution >= 0.6 is 22.9 Å². The van der Waals surface area contributed by atoms with Crippen LogP contribution in [0.2, 0.25) is 5.02 Å². The quantitative estimate of drug-likeness (QED) is 0.616. The monoisotopic (exact) mass is 448 g/mol. The molecule has 7 nitrogen and oxygen atoms in total. The standard InChI is InChI=1S/C21H25ClN4O3S/c1-11-13(3)30-20-18(11)21(28)26(17(24-20)10-25(4)5)12(2)19(27)23-14-7-8-16(29-6)15(22)9-14/h7-9,12H,10H2,1-6H3,(H,23,27). The second kappa shape index (κ2) is 8.75. The van der Waals surface area contributed by atoms with Crippen LogP contribution < -0.4 is 15.6 Å². The van der Waals surface area contributed by atoms with Gasteiger partial charge < -0.3 is 15.0 Å². The molecule has 0 bridgehead atoms. The molecule has 1 amide bonds. The Morgan fingerprint density at radius 1 is 1.37 bits per heavy atom. The number of nitrogens with zero attached hydrogens (tertiary/aromatic N) is 3. The van der Waals surface area contributed by atoms with E-state index < -0.39 is 6.04 Å². The lowest BCUT2D eigenvalue weighted by Gasteiger charge is -2.21. The van der Waals surface area contributed by atoms with E-state index >= 15 is 0 Å². The summed E-state index contributed by atoms with van der Waals surface area (Å²) in [5.74, 6) is 0.739. The number of methoxy groups -OCH3 is 1. The van der Waals surface area contributed by atoms with E-state index in [2.05, 4.69) is 5.32 Å². The molecule has 0 aliphatic heterocycles. The highest BCUT2D eigenvalue weighted by molar-refractivity contribution is 7.18. The normalized spacial score (nSPS) is 12.4. The van der Waals surface area contributed by atoms with Crippen molar-refractivity contribution in [1.82, 2.24) is 14.5 Å². The summed E-state index contributed by atoms with van der Waals surface area (Å²) >= 11 is 7.66. The third-order valence-corrected chi connectivity index (χ3v) is 6.35. The highest BCUT2D eigenvalue weighted by atomic mass is 35.5. The van der Waals surface area contributed by atoms with Crippen molar-refractivity contribution in [3.8, 4) is 5.75 Å². The second-order valence-electron chi connectivity index (χ2n) is 7.42. The van der Waals surface area contributed by atoms with Gasteiger partial charge in [0.1, 0.15) is 22.4 Å². The molecule has 0 fully saturated rings. The molecule has 0 saturated heterocycles. The van der Waals surface area contributed by atoms with Gasteiger partial charge in [0.2, 0.25) is 5.91 Å². The highest BCUT2D eigenvalue weighted by Gasteiger charge is 2.24. The first-order valence-electron chi connectivity index (χ1n) is 9.44. The number of aromatic nitrogens is 2. The Hall–Kier alpha value is -2.42. The number of benzene rings is 1. The third-order valence-electron chi connectivity index (χ3n) is 4.95. The lowest BCUT2D eigenvalue weighted by molar-refractivity contribution is -0.119.